The molecule has 0 saturated heterocycles. The van der Waals surface area contributed by atoms with Gasteiger partial charge in [-0.25, -0.2) is 0 Å². The third-order valence-corrected chi connectivity index (χ3v) is 3.77. The highest BCUT2D eigenvalue weighted by Gasteiger charge is 2.23. The van der Waals surface area contributed by atoms with Gasteiger partial charge in [0, 0.05) is 10.6 Å². The molecule has 21 heavy (non-hydrogen) atoms. The standard InChI is InChI=1S/C15H12Cl2O4/c1-19-12-3-2-9(16)6-10(12)14(18)8-4-11(17)15-13(5-8)20-7-21-15/h2-6,14,18H,7H2,1H3. The van der Waals surface area contributed by atoms with Gasteiger partial charge in [-0.1, -0.05) is 23.2 Å². The van der Waals surface area contributed by atoms with E-state index in [9.17, 15) is 5.11 Å². The number of hydrogen-bond donors (Lipinski definition) is 1. The predicted octanol–water partition coefficient (Wildman–Crippen LogP) is 3.81. The molecule has 2 aromatic carbocycles. The summed E-state index contributed by atoms with van der Waals surface area (Å²) < 4.78 is 15.8. The summed E-state index contributed by atoms with van der Waals surface area (Å²) in [6.07, 6.45) is -0.939. The summed E-state index contributed by atoms with van der Waals surface area (Å²) in [4.78, 5) is 0. The molecule has 0 aromatic heterocycles. The van der Waals surface area contributed by atoms with Crippen LogP contribution in [0.25, 0.3) is 0 Å². The van der Waals surface area contributed by atoms with Crippen LogP contribution in [0.3, 0.4) is 0 Å². The van der Waals surface area contributed by atoms with Gasteiger partial charge in [-0.15, -0.1) is 0 Å². The number of aliphatic hydroxyl groups is 1. The van der Waals surface area contributed by atoms with E-state index in [1.807, 2.05) is 0 Å². The molecule has 0 bridgehead atoms. The van der Waals surface area contributed by atoms with Crippen LogP contribution >= 0.6 is 23.2 Å². The Morgan fingerprint density at radius 1 is 1.19 bits per heavy atom. The Morgan fingerprint density at radius 3 is 2.76 bits per heavy atom. The number of benzene rings is 2. The van der Waals surface area contributed by atoms with E-state index in [0.29, 0.717) is 38.4 Å². The van der Waals surface area contributed by atoms with Crippen molar-refractivity contribution >= 4 is 23.2 Å². The van der Waals surface area contributed by atoms with E-state index in [1.165, 1.54) is 7.11 Å². The van der Waals surface area contributed by atoms with Crippen LogP contribution in [0.5, 0.6) is 17.2 Å². The molecule has 0 fully saturated rings. The average molecular weight is 327 g/mol. The van der Waals surface area contributed by atoms with Gasteiger partial charge in [-0.05, 0) is 35.9 Å². The van der Waals surface area contributed by atoms with Crippen molar-refractivity contribution in [3.05, 3.63) is 51.5 Å². The van der Waals surface area contributed by atoms with Crippen molar-refractivity contribution in [3.8, 4) is 17.2 Å². The fourth-order valence-corrected chi connectivity index (χ4v) is 2.70. The van der Waals surface area contributed by atoms with E-state index < -0.39 is 6.10 Å². The Kier molecular flexibility index (Phi) is 3.85. The van der Waals surface area contributed by atoms with Crippen molar-refractivity contribution in [2.24, 2.45) is 0 Å². The molecule has 0 amide bonds. The largest absolute Gasteiger partial charge is 0.496 e. The first kappa shape index (κ1) is 14.3. The molecule has 0 radical (unpaired) electrons. The molecule has 6 heteroatoms. The summed E-state index contributed by atoms with van der Waals surface area (Å²) in [7, 11) is 1.53. The van der Waals surface area contributed by atoms with Crippen molar-refractivity contribution in [3.63, 3.8) is 0 Å². The summed E-state index contributed by atoms with van der Waals surface area (Å²) in [6, 6.07) is 8.39. The van der Waals surface area contributed by atoms with Crippen LogP contribution in [-0.4, -0.2) is 19.0 Å². The Bertz CT molecular complexity index is 688. The van der Waals surface area contributed by atoms with Crippen LogP contribution in [0.15, 0.2) is 30.3 Å². The van der Waals surface area contributed by atoms with Gasteiger partial charge in [-0.3, -0.25) is 0 Å². The Hall–Kier alpha value is -1.62. The van der Waals surface area contributed by atoms with E-state index in [4.69, 9.17) is 37.4 Å². The molecule has 1 atom stereocenters. The fourth-order valence-electron chi connectivity index (χ4n) is 2.24. The summed E-state index contributed by atoms with van der Waals surface area (Å²) >= 11 is 12.1. The van der Waals surface area contributed by atoms with E-state index >= 15 is 0 Å². The van der Waals surface area contributed by atoms with Gasteiger partial charge in [0.15, 0.2) is 11.5 Å². The first-order valence-electron chi connectivity index (χ1n) is 6.20. The molecule has 1 N–H and O–H groups in total. The highest BCUT2D eigenvalue weighted by Crippen LogP contribution is 2.43. The molecule has 2 aromatic rings. The van der Waals surface area contributed by atoms with Gasteiger partial charge < -0.3 is 19.3 Å². The van der Waals surface area contributed by atoms with E-state index in [-0.39, 0.29) is 6.79 Å². The molecule has 1 aliphatic rings. The molecule has 3 rings (SSSR count). The lowest BCUT2D eigenvalue weighted by Crippen LogP contribution is -2.02. The highest BCUT2D eigenvalue weighted by atomic mass is 35.5. The maximum absolute atomic E-state index is 10.6. The third kappa shape index (κ3) is 2.62. The Labute approximate surface area is 131 Å². The number of rotatable bonds is 3. The lowest BCUT2D eigenvalue weighted by atomic mass is 10.00. The maximum atomic E-state index is 10.6. The molecule has 0 spiro atoms. The molecule has 110 valence electrons. The first-order valence-corrected chi connectivity index (χ1v) is 6.96. The highest BCUT2D eigenvalue weighted by molar-refractivity contribution is 6.32. The van der Waals surface area contributed by atoms with Gasteiger partial charge in [0.25, 0.3) is 0 Å². The molecule has 4 nitrogen and oxygen atoms in total. The number of halogens is 2. The number of hydrogen-bond acceptors (Lipinski definition) is 4. The normalized spacial score (nSPS) is 14.1. The van der Waals surface area contributed by atoms with Crippen LogP contribution in [0.2, 0.25) is 10.0 Å². The van der Waals surface area contributed by atoms with Crippen LogP contribution in [0.1, 0.15) is 17.2 Å². The van der Waals surface area contributed by atoms with Crippen molar-refractivity contribution in [2.45, 2.75) is 6.10 Å². The number of fused-ring (bicyclic) bond motifs is 1. The molecular weight excluding hydrogens is 315 g/mol. The van der Waals surface area contributed by atoms with Gasteiger partial charge in [0.1, 0.15) is 11.9 Å². The zero-order valence-corrected chi connectivity index (χ0v) is 12.6. The molecule has 0 aliphatic carbocycles. The molecule has 1 unspecified atom stereocenters. The van der Waals surface area contributed by atoms with Gasteiger partial charge >= 0.3 is 0 Å². The van der Waals surface area contributed by atoms with E-state index in [1.54, 1.807) is 30.3 Å². The van der Waals surface area contributed by atoms with E-state index in [0.717, 1.165) is 0 Å². The average Bonchev–Trinajstić information content (AvgIpc) is 2.95. The van der Waals surface area contributed by atoms with E-state index in [2.05, 4.69) is 0 Å². The van der Waals surface area contributed by atoms with Crippen LogP contribution in [-0.2, 0) is 0 Å². The monoisotopic (exact) mass is 326 g/mol. The minimum Gasteiger partial charge on any atom is -0.496 e. The summed E-state index contributed by atoms with van der Waals surface area (Å²) in [6.45, 7) is 0.120. The molecular formula is C15H12Cl2O4. The van der Waals surface area contributed by atoms with Crippen molar-refractivity contribution in [2.75, 3.05) is 13.9 Å². The van der Waals surface area contributed by atoms with Crippen molar-refractivity contribution < 1.29 is 19.3 Å². The molecule has 1 heterocycles. The topological polar surface area (TPSA) is 47.9 Å². The SMILES string of the molecule is COc1ccc(Cl)cc1C(O)c1cc(Cl)c2c(c1)OCO2. The molecule has 0 saturated carbocycles. The van der Waals surface area contributed by atoms with Crippen molar-refractivity contribution in [1.29, 1.82) is 0 Å². The second-order valence-electron chi connectivity index (χ2n) is 4.53. The second-order valence-corrected chi connectivity index (χ2v) is 5.37. The first-order chi connectivity index (χ1) is 10.1. The van der Waals surface area contributed by atoms with Crippen molar-refractivity contribution in [1.82, 2.24) is 0 Å². The number of ether oxygens (including phenoxy) is 3. The Balaban J connectivity index is 2.05. The molecule has 1 aliphatic heterocycles. The minimum atomic E-state index is -0.939. The number of methoxy groups -OCH3 is 1. The van der Waals surface area contributed by atoms with Gasteiger partial charge in [0.05, 0.1) is 12.1 Å². The zero-order chi connectivity index (χ0) is 15.0. The summed E-state index contributed by atoms with van der Waals surface area (Å²) in [5.74, 6) is 1.55. The lowest BCUT2D eigenvalue weighted by molar-refractivity contribution is 0.173. The smallest absolute Gasteiger partial charge is 0.231 e. The number of aliphatic hydroxyl groups excluding tert-OH is 1. The third-order valence-electron chi connectivity index (χ3n) is 3.25. The van der Waals surface area contributed by atoms with Crippen LogP contribution in [0, 0.1) is 0 Å². The van der Waals surface area contributed by atoms with Crippen LogP contribution < -0.4 is 14.2 Å². The quantitative estimate of drug-likeness (QED) is 0.931. The second kappa shape index (κ2) is 5.64. The summed E-state index contributed by atoms with van der Waals surface area (Å²) in [5.41, 5.74) is 1.13. The predicted molar refractivity (Wildman–Crippen MR) is 79.6 cm³/mol. The zero-order valence-electron chi connectivity index (χ0n) is 11.1. The lowest BCUT2D eigenvalue weighted by Gasteiger charge is -2.16. The van der Waals surface area contributed by atoms with Gasteiger partial charge in [0.2, 0.25) is 6.79 Å². The Morgan fingerprint density at radius 2 is 2.00 bits per heavy atom. The van der Waals surface area contributed by atoms with Crippen LogP contribution in [0.4, 0.5) is 0 Å². The maximum Gasteiger partial charge on any atom is 0.231 e. The summed E-state index contributed by atoms with van der Waals surface area (Å²) in [5, 5.41) is 11.5. The fraction of sp³-hybridized carbons (Fsp3) is 0.200. The van der Waals surface area contributed by atoms with Gasteiger partial charge in [-0.2, -0.15) is 0 Å². The minimum absolute atomic E-state index is 0.120.